The van der Waals surface area contributed by atoms with Crippen LogP contribution >= 0.6 is 15.9 Å². The highest BCUT2D eigenvalue weighted by molar-refractivity contribution is 9.10. The second kappa shape index (κ2) is 7.07. The molecule has 1 N–H and O–H groups in total. The third kappa shape index (κ3) is 3.96. The van der Waals surface area contributed by atoms with Gasteiger partial charge >= 0.3 is 0 Å². The minimum Gasteiger partial charge on any atom is -0.322 e. The standard InChI is InChI=1S/C16H16BrNO3S/c1-2-11-22(20,21)15-6-4-3-5-14(15)16(19)18-13-9-7-12(17)8-10-13/h3-10H,2,11H2,1H3,(H,18,19). The molecule has 116 valence electrons. The topological polar surface area (TPSA) is 63.2 Å². The first-order valence-corrected chi connectivity index (χ1v) is 9.27. The lowest BCUT2D eigenvalue weighted by Gasteiger charge is -2.10. The van der Waals surface area contributed by atoms with Crippen molar-refractivity contribution in [2.24, 2.45) is 0 Å². The van der Waals surface area contributed by atoms with Crippen molar-refractivity contribution in [3.05, 3.63) is 58.6 Å². The Balaban J connectivity index is 2.32. The molecule has 2 aromatic rings. The van der Waals surface area contributed by atoms with Gasteiger partial charge in [0.05, 0.1) is 16.2 Å². The number of anilines is 1. The van der Waals surface area contributed by atoms with E-state index in [0.29, 0.717) is 12.1 Å². The quantitative estimate of drug-likeness (QED) is 0.854. The predicted octanol–water partition coefficient (Wildman–Crippen LogP) is 3.89. The minimum absolute atomic E-state index is 0.0234. The predicted molar refractivity (Wildman–Crippen MR) is 90.9 cm³/mol. The van der Waals surface area contributed by atoms with Gasteiger partial charge in [-0.25, -0.2) is 8.42 Å². The number of sulfone groups is 1. The first-order chi connectivity index (χ1) is 10.4. The maximum atomic E-state index is 12.4. The van der Waals surface area contributed by atoms with E-state index in [0.717, 1.165) is 4.47 Å². The fourth-order valence-corrected chi connectivity index (χ4v) is 3.84. The molecule has 0 radical (unpaired) electrons. The van der Waals surface area contributed by atoms with Crippen molar-refractivity contribution < 1.29 is 13.2 Å². The molecular weight excluding hydrogens is 366 g/mol. The molecule has 6 heteroatoms. The van der Waals surface area contributed by atoms with Gasteiger partial charge in [0.2, 0.25) is 0 Å². The number of carbonyl (C=O) groups is 1. The van der Waals surface area contributed by atoms with Gasteiger partial charge in [0.25, 0.3) is 5.91 Å². The number of amides is 1. The molecule has 22 heavy (non-hydrogen) atoms. The van der Waals surface area contributed by atoms with Gasteiger partial charge < -0.3 is 5.32 Å². The van der Waals surface area contributed by atoms with Gasteiger partial charge in [0, 0.05) is 10.2 Å². The second-order valence-electron chi connectivity index (χ2n) is 4.78. The van der Waals surface area contributed by atoms with Crippen molar-refractivity contribution in [3.8, 4) is 0 Å². The number of nitrogens with one attached hydrogen (secondary N) is 1. The molecule has 0 aromatic heterocycles. The van der Waals surface area contributed by atoms with Crippen LogP contribution in [0.25, 0.3) is 0 Å². The van der Waals surface area contributed by atoms with E-state index in [1.54, 1.807) is 43.3 Å². The molecule has 2 aromatic carbocycles. The van der Waals surface area contributed by atoms with Crippen molar-refractivity contribution in [2.75, 3.05) is 11.1 Å². The SMILES string of the molecule is CCCS(=O)(=O)c1ccccc1C(=O)Nc1ccc(Br)cc1. The lowest BCUT2D eigenvalue weighted by molar-refractivity contribution is 0.102. The van der Waals surface area contributed by atoms with E-state index < -0.39 is 15.7 Å². The van der Waals surface area contributed by atoms with Crippen LogP contribution in [0.15, 0.2) is 57.9 Å². The lowest BCUT2D eigenvalue weighted by Crippen LogP contribution is -2.17. The van der Waals surface area contributed by atoms with Crippen molar-refractivity contribution in [1.82, 2.24) is 0 Å². The molecule has 0 heterocycles. The fraction of sp³-hybridized carbons (Fsp3) is 0.188. The summed E-state index contributed by atoms with van der Waals surface area (Å²) >= 11 is 3.32. The third-order valence-corrected chi connectivity index (χ3v) is 5.54. The van der Waals surface area contributed by atoms with Crippen LogP contribution < -0.4 is 5.32 Å². The summed E-state index contributed by atoms with van der Waals surface area (Å²) in [4.78, 5) is 12.5. The molecule has 0 aliphatic rings. The van der Waals surface area contributed by atoms with Crippen LogP contribution in [0.1, 0.15) is 23.7 Å². The Kier molecular flexibility index (Phi) is 5.37. The van der Waals surface area contributed by atoms with E-state index in [2.05, 4.69) is 21.2 Å². The van der Waals surface area contributed by atoms with Crippen LogP contribution in [0.3, 0.4) is 0 Å². The summed E-state index contributed by atoms with van der Waals surface area (Å²) < 4.78 is 25.4. The molecule has 2 rings (SSSR count). The van der Waals surface area contributed by atoms with Gasteiger partial charge in [0.15, 0.2) is 9.84 Å². The molecule has 0 unspecified atom stereocenters. The zero-order valence-electron chi connectivity index (χ0n) is 12.0. The van der Waals surface area contributed by atoms with Gasteiger partial charge in [-0.1, -0.05) is 35.0 Å². The molecule has 0 atom stereocenters. The molecular formula is C16H16BrNO3S. The van der Waals surface area contributed by atoms with E-state index in [1.807, 2.05) is 0 Å². The number of benzene rings is 2. The highest BCUT2D eigenvalue weighted by Crippen LogP contribution is 2.20. The summed E-state index contributed by atoms with van der Waals surface area (Å²) in [5, 5.41) is 2.72. The molecule has 0 saturated carbocycles. The smallest absolute Gasteiger partial charge is 0.256 e. The Labute approximate surface area is 138 Å². The highest BCUT2D eigenvalue weighted by Gasteiger charge is 2.21. The summed E-state index contributed by atoms with van der Waals surface area (Å²) in [5.74, 6) is -0.409. The van der Waals surface area contributed by atoms with E-state index in [4.69, 9.17) is 0 Å². The maximum absolute atomic E-state index is 12.4. The molecule has 1 amide bonds. The van der Waals surface area contributed by atoms with Crippen molar-refractivity contribution >= 4 is 37.4 Å². The van der Waals surface area contributed by atoms with Gasteiger partial charge in [-0.05, 0) is 42.8 Å². The Hall–Kier alpha value is -1.66. The molecule has 4 nitrogen and oxygen atoms in total. The van der Waals surface area contributed by atoms with Crippen LogP contribution in [0.2, 0.25) is 0 Å². The Bertz CT molecular complexity index is 770. The van der Waals surface area contributed by atoms with Gasteiger partial charge in [-0.3, -0.25) is 4.79 Å². The van der Waals surface area contributed by atoms with Crippen LogP contribution in [0, 0.1) is 0 Å². The summed E-state index contributed by atoms with van der Waals surface area (Å²) in [6.45, 7) is 1.79. The Morgan fingerprint density at radius 2 is 1.73 bits per heavy atom. The number of rotatable bonds is 5. The number of hydrogen-bond donors (Lipinski definition) is 1. The second-order valence-corrected chi connectivity index (χ2v) is 7.77. The molecule has 0 fully saturated rings. The first kappa shape index (κ1) is 16.7. The van der Waals surface area contributed by atoms with E-state index in [9.17, 15) is 13.2 Å². The average Bonchev–Trinajstić information content (AvgIpc) is 2.49. The highest BCUT2D eigenvalue weighted by atomic mass is 79.9. The van der Waals surface area contributed by atoms with Gasteiger partial charge in [-0.2, -0.15) is 0 Å². The van der Waals surface area contributed by atoms with Gasteiger partial charge in [0.1, 0.15) is 0 Å². The number of halogens is 1. The fourth-order valence-electron chi connectivity index (χ4n) is 2.04. The van der Waals surface area contributed by atoms with Crippen molar-refractivity contribution in [1.29, 1.82) is 0 Å². The van der Waals surface area contributed by atoms with Crippen molar-refractivity contribution in [3.63, 3.8) is 0 Å². The van der Waals surface area contributed by atoms with Crippen LogP contribution in [-0.4, -0.2) is 20.1 Å². The summed E-state index contributed by atoms with van der Waals surface area (Å²) in [7, 11) is -3.45. The summed E-state index contributed by atoms with van der Waals surface area (Å²) in [5.41, 5.74) is 0.773. The minimum atomic E-state index is -3.45. The maximum Gasteiger partial charge on any atom is 0.256 e. The first-order valence-electron chi connectivity index (χ1n) is 6.83. The van der Waals surface area contributed by atoms with Crippen LogP contribution in [0.5, 0.6) is 0 Å². The van der Waals surface area contributed by atoms with Crippen molar-refractivity contribution in [2.45, 2.75) is 18.2 Å². The number of hydrogen-bond acceptors (Lipinski definition) is 3. The Morgan fingerprint density at radius 1 is 1.09 bits per heavy atom. The number of carbonyl (C=O) groups excluding carboxylic acids is 1. The van der Waals surface area contributed by atoms with Crippen LogP contribution in [-0.2, 0) is 9.84 Å². The summed E-state index contributed by atoms with van der Waals surface area (Å²) in [6, 6.07) is 13.4. The molecule has 0 saturated heterocycles. The molecule has 0 spiro atoms. The average molecular weight is 382 g/mol. The summed E-state index contributed by atoms with van der Waals surface area (Å²) in [6.07, 6.45) is 0.505. The largest absolute Gasteiger partial charge is 0.322 e. The lowest BCUT2D eigenvalue weighted by atomic mass is 10.2. The molecule has 0 aliphatic heterocycles. The molecule has 0 bridgehead atoms. The zero-order chi connectivity index (χ0) is 16.2. The van der Waals surface area contributed by atoms with Crippen LogP contribution in [0.4, 0.5) is 5.69 Å². The Morgan fingerprint density at radius 3 is 2.36 bits per heavy atom. The monoisotopic (exact) mass is 381 g/mol. The zero-order valence-corrected chi connectivity index (χ0v) is 14.4. The van der Waals surface area contributed by atoms with E-state index >= 15 is 0 Å². The van der Waals surface area contributed by atoms with Gasteiger partial charge in [-0.15, -0.1) is 0 Å². The molecule has 0 aliphatic carbocycles. The van der Waals surface area contributed by atoms with E-state index in [-0.39, 0.29) is 16.2 Å². The third-order valence-electron chi connectivity index (χ3n) is 3.04. The van der Waals surface area contributed by atoms with E-state index in [1.165, 1.54) is 12.1 Å². The normalized spacial score (nSPS) is 11.2.